The number of carbonyl (C=O) groups excluding carboxylic acids is 1. The third-order valence-corrected chi connectivity index (χ3v) is 2.08. The highest BCUT2D eigenvalue weighted by Crippen LogP contribution is 2.40. The second kappa shape index (κ2) is 3.15. The fourth-order valence-electron chi connectivity index (χ4n) is 1.44. The number of carbonyl (C=O) groups is 1. The van der Waals surface area contributed by atoms with Gasteiger partial charge >= 0.3 is 6.18 Å². The molecule has 0 aliphatic carbocycles. The molecule has 1 unspecified atom stereocenters. The third-order valence-electron chi connectivity index (χ3n) is 2.08. The quantitative estimate of drug-likeness (QED) is 0.719. The molecule has 1 aromatic carbocycles. The van der Waals surface area contributed by atoms with E-state index in [0.717, 1.165) is 0 Å². The summed E-state index contributed by atoms with van der Waals surface area (Å²) in [5.74, 6) is -3.32. The fourth-order valence-corrected chi connectivity index (χ4v) is 1.44. The number of benzene rings is 1. The predicted molar refractivity (Wildman–Crippen MR) is 44.0 cm³/mol. The molecule has 0 saturated carbocycles. The topological polar surface area (TPSA) is 38.3 Å². The van der Waals surface area contributed by atoms with Crippen molar-refractivity contribution in [3.63, 3.8) is 0 Å². The lowest BCUT2D eigenvalue weighted by atomic mass is 9.96. The smallest absolute Gasteiger partial charge is 0.379 e. The summed E-state index contributed by atoms with van der Waals surface area (Å²) in [6.45, 7) is 0. The van der Waals surface area contributed by atoms with Crippen LogP contribution in [-0.2, 0) is 4.79 Å². The van der Waals surface area contributed by atoms with Gasteiger partial charge in [0, 0.05) is 5.56 Å². The molecule has 1 aliphatic rings. The van der Waals surface area contributed by atoms with Crippen LogP contribution >= 0.6 is 0 Å². The Morgan fingerprint density at radius 2 is 1.93 bits per heavy atom. The maximum Gasteiger partial charge on any atom is 0.404 e. The van der Waals surface area contributed by atoms with Gasteiger partial charge in [-0.2, -0.15) is 18.7 Å². The van der Waals surface area contributed by atoms with Gasteiger partial charge in [-0.05, 0) is 6.07 Å². The van der Waals surface area contributed by atoms with Gasteiger partial charge in [-0.25, -0.2) is 0 Å². The van der Waals surface area contributed by atoms with Crippen molar-refractivity contribution in [2.24, 2.45) is 0 Å². The van der Waals surface area contributed by atoms with Gasteiger partial charge < -0.3 is 4.84 Å². The molecular formula is C9H6F3NO2. The highest BCUT2D eigenvalue weighted by atomic mass is 19.4. The molecule has 6 heteroatoms. The Hall–Kier alpha value is -1.72. The van der Waals surface area contributed by atoms with Crippen molar-refractivity contribution in [1.82, 2.24) is 5.48 Å². The third kappa shape index (κ3) is 1.62. The van der Waals surface area contributed by atoms with Crippen LogP contribution in [0.3, 0.4) is 0 Å². The summed E-state index contributed by atoms with van der Waals surface area (Å²) in [7, 11) is 0. The molecule has 3 nitrogen and oxygen atoms in total. The van der Waals surface area contributed by atoms with Gasteiger partial charge in [0.1, 0.15) is 0 Å². The van der Waals surface area contributed by atoms with Gasteiger partial charge in [0.15, 0.2) is 11.7 Å². The first-order chi connectivity index (χ1) is 7.00. The number of nitrogens with one attached hydrogen (secondary N) is 1. The highest BCUT2D eigenvalue weighted by molar-refractivity contribution is 5.86. The van der Waals surface area contributed by atoms with Crippen molar-refractivity contribution in [2.75, 3.05) is 0 Å². The van der Waals surface area contributed by atoms with Gasteiger partial charge in [-0.1, -0.05) is 18.2 Å². The Morgan fingerprint density at radius 1 is 1.27 bits per heavy atom. The zero-order valence-corrected chi connectivity index (χ0v) is 7.34. The standard InChI is InChI=1S/C9H6F3NO2/c10-9(11,12)7-5-3-1-2-4-6(5)15-13-8(7)14/h1-4,7H,(H,13,14). The maximum absolute atomic E-state index is 12.6. The Kier molecular flexibility index (Phi) is 2.06. The van der Waals surface area contributed by atoms with Crippen LogP contribution in [0.4, 0.5) is 13.2 Å². The van der Waals surface area contributed by atoms with Crippen LogP contribution in [0.5, 0.6) is 5.75 Å². The molecule has 0 fully saturated rings. The van der Waals surface area contributed by atoms with E-state index in [0.29, 0.717) is 0 Å². The van der Waals surface area contributed by atoms with Crippen molar-refractivity contribution in [3.8, 4) is 5.75 Å². The monoisotopic (exact) mass is 217 g/mol. The first-order valence-electron chi connectivity index (χ1n) is 4.12. The van der Waals surface area contributed by atoms with Crippen LogP contribution in [0.25, 0.3) is 0 Å². The van der Waals surface area contributed by atoms with E-state index in [4.69, 9.17) is 0 Å². The second-order valence-corrected chi connectivity index (χ2v) is 3.08. The molecular weight excluding hydrogens is 211 g/mol. The molecule has 0 bridgehead atoms. The average Bonchev–Trinajstić information content (AvgIpc) is 2.15. The van der Waals surface area contributed by atoms with E-state index >= 15 is 0 Å². The lowest BCUT2D eigenvalue weighted by Gasteiger charge is -2.26. The van der Waals surface area contributed by atoms with Crippen molar-refractivity contribution in [2.45, 2.75) is 12.1 Å². The zero-order valence-electron chi connectivity index (χ0n) is 7.34. The summed E-state index contributed by atoms with van der Waals surface area (Å²) in [6.07, 6.45) is -4.61. The van der Waals surface area contributed by atoms with Crippen LogP contribution in [0, 0.1) is 0 Å². The lowest BCUT2D eigenvalue weighted by molar-refractivity contribution is -0.172. The summed E-state index contributed by atoms with van der Waals surface area (Å²) >= 11 is 0. The Bertz CT molecular complexity index is 403. The molecule has 0 aromatic heterocycles. The van der Waals surface area contributed by atoms with Gasteiger partial charge in [-0.15, -0.1) is 0 Å². The van der Waals surface area contributed by atoms with Crippen molar-refractivity contribution in [1.29, 1.82) is 0 Å². The number of rotatable bonds is 0. The molecule has 80 valence electrons. The summed E-state index contributed by atoms with van der Waals surface area (Å²) < 4.78 is 37.7. The molecule has 0 radical (unpaired) electrons. The molecule has 0 saturated heterocycles. The number of halogens is 3. The van der Waals surface area contributed by atoms with E-state index in [1.807, 2.05) is 0 Å². The second-order valence-electron chi connectivity index (χ2n) is 3.08. The number of alkyl halides is 3. The number of hydrogen-bond acceptors (Lipinski definition) is 2. The van der Waals surface area contributed by atoms with Crippen LogP contribution in [0.15, 0.2) is 24.3 Å². The van der Waals surface area contributed by atoms with E-state index < -0.39 is 18.0 Å². The fraction of sp³-hybridized carbons (Fsp3) is 0.222. The zero-order chi connectivity index (χ0) is 11.1. The van der Waals surface area contributed by atoms with Gasteiger partial charge in [-0.3, -0.25) is 4.79 Å². The molecule has 1 atom stereocenters. The van der Waals surface area contributed by atoms with E-state index in [1.165, 1.54) is 24.3 Å². The van der Waals surface area contributed by atoms with Crippen LogP contribution in [-0.4, -0.2) is 12.1 Å². The summed E-state index contributed by atoms with van der Waals surface area (Å²) in [5.41, 5.74) is 1.58. The van der Waals surface area contributed by atoms with Crippen molar-refractivity contribution >= 4 is 5.91 Å². The van der Waals surface area contributed by atoms with E-state index in [1.54, 1.807) is 5.48 Å². The number of hydrogen-bond donors (Lipinski definition) is 1. The summed E-state index contributed by atoms with van der Waals surface area (Å²) in [4.78, 5) is 15.7. The van der Waals surface area contributed by atoms with Crippen LogP contribution in [0.2, 0.25) is 0 Å². The Labute approximate surface area is 82.8 Å². The molecule has 1 heterocycles. The first kappa shape index (κ1) is 9.82. The summed E-state index contributed by atoms with van der Waals surface area (Å²) in [6, 6.07) is 5.56. The van der Waals surface area contributed by atoms with E-state index in [9.17, 15) is 18.0 Å². The molecule has 0 spiro atoms. The first-order valence-corrected chi connectivity index (χ1v) is 4.12. The normalized spacial score (nSPS) is 20.2. The summed E-state index contributed by atoms with van der Waals surface area (Å²) in [5, 5.41) is 0. The number of fused-ring (bicyclic) bond motifs is 1. The Morgan fingerprint density at radius 3 is 2.60 bits per heavy atom. The Balaban J connectivity index is 2.51. The van der Waals surface area contributed by atoms with Crippen LogP contribution < -0.4 is 10.3 Å². The van der Waals surface area contributed by atoms with Crippen molar-refractivity contribution in [3.05, 3.63) is 29.8 Å². The van der Waals surface area contributed by atoms with Gasteiger partial charge in [0.25, 0.3) is 5.91 Å². The number of amides is 1. The molecule has 15 heavy (non-hydrogen) atoms. The lowest BCUT2D eigenvalue weighted by Crippen LogP contribution is -2.43. The van der Waals surface area contributed by atoms with E-state index in [-0.39, 0.29) is 11.3 Å². The average molecular weight is 217 g/mol. The largest absolute Gasteiger partial charge is 0.404 e. The highest BCUT2D eigenvalue weighted by Gasteiger charge is 2.49. The number of para-hydroxylation sites is 1. The predicted octanol–water partition coefficient (Wildman–Crippen LogP) is 1.76. The van der Waals surface area contributed by atoms with Crippen LogP contribution in [0.1, 0.15) is 11.5 Å². The molecule has 1 aliphatic heterocycles. The molecule has 1 aromatic rings. The minimum absolute atomic E-state index is 0.0272. The van der Waals surface area contributed by atoms with Gasteiger partial charge in [0.05, 0.1) is 0 Å². The molecule has 1 N–H and O–H groups in total. The van der Waals surface area contributed by atoms with E-state index in [2.05, 4.69) is 4.84 Å². The van der Waals surface area contributed by atoms with Gasteiger partial charge in [0.2, 0.25) is 0 Å². The maximum atomic E-state index is 12.6. The minimum atomic E-state index is -4.61. The molecule has 2 rings (SSSR count). The SMILES string of the molecule is O=C1NOc2ccccc2C1C(F)(F)F. The number of hydroxylamine groups is 1. The molecule has 1 amide bonds. The van der Waals surface area contributed by atoms with Crippen molar-refractivity contribution < 1.29 is 22.8 Å². The minimum Gasteiger partial charge on any atom is -0.379 e.